The molecule has 5 rings (SSSR count). The zero-order chi connectivity index (χ0) is 24.5. The number of aromatic nitrogens is 3. The number of nitrogens with one attached hydrogen (secondary N) is 2. The zero-order valence-electron chi connectivity index (χ0n) is 17.9. The van der Waals surface area contributed by atoms with E-state index in [4.69, 9.17) is 16.6 Å². The van der Waals surface area contributed by atoms with Crippen LogP contribution in [0.3, 0.4) is 0 Å². The Morgan fingerprint density at radius 2 is 1.89 bits per heavy atom. The first kappa shape index (κ1) is 22.6. The summed E-state index contributed by atoms with van der Waals surface area (Å²) < 4.78 is 1.42. The van der Waals surface area contributed by atoms with E-state index in [1.807, 2.05) is 24.3 Å². The fourth-order valence-electron chi connectivity index (χ4n) is 3.68. The summed E-state index contributed by atoms with van der Waals surface area (Å²) in [7, 11) is 0. The Morgan fingerprint density at radius 1 is 1.11 bits per heavy atom. The van der Waals surface area contributed by atoms with Gasteiger partial charge in [-0.15, -0.1) is 0 Å². The molecule has 5 aromatic rings. The molecule has 0 aliphatic carbocycles. The number of anilines is 1. The highest BCUT2D eigenvalue weighted by molar-refractivity contribution is 7.99. The van der Waals surface area contributed by atoms with Crippen LogP contribution < -0.4 is 10.9 Å². The average molecular weight is 506 g/mol. The maximum atomic E-state index is 13.5. The summed E-state index contributed by atoms with van der Waals surface area (Å²) in [6.07, 6.45) is 0. The molecule has 2 heterocycles. The number of thioether (sulfide) groups is 1. The van der Waals surface area contributed by atoms with Crippen LogP contribution in [0, 0.1) is 10.1 Å². The molecule has 2 aromatic heterocycles. The van der Waals surface area contributed by atoms with Gasteiger partial charge in [0.2, 0.25) is 5.91 Å². The molecule has 3 aromatic carbocycles. The van der Waals surface area contributed by atoms with Crippen molar-refractivity contribution in [1.29, 1.82) is 0 Å². The summed E-state index contributed by atoms with van der Waals surface area (Å²) in [6, 6.07) is 19.8. The standard InChI is InChI=1S/C24H16ClN5O4S/c25-14-4-3-5-17(12-14)29-23(32)22-21(18-6-1-2-7-19(18)27-22)28-24(29)35-13-20(31)26-15-8-10-16(11-9-15)30(33)34/h1-12,27H,13H2,(H,26,31). The van der Waals surface area contributed by atoms with Crippen LogP contribution in [0.5, 0.6) is 0 Å². The van der Waals surface area contributed by atoms with Gasteiger partial charge in [0.1, 0.15) is 11.0 Å². The summed E-state index contributed by atoms with van der Waals surface area (Å²) in [4.78, 5) is 44.3. The van der Waals surface area contributed by atoms with Gasteiger partial charge in [0.25, 0.3) is 11.2 Å². The Hall–Kier alpha value is -4.15. The fraction of sp³-hybridized carbons (Fsp3) is 0.0417. The molecule has 0 saturated heterocycles. The number of non-ortho nitro benzene ring substituents is 1. The van der Waals surface area contributed by atoms with E-state index in [0.29, 0.717) is 32.6 Å². The highest BCUT2D eigenvalue weighted by Gasteiger charge is 2.18. The predicted molar refractivity (Wildman–Crippen MR) is 137 cm³/mol. The smallest absolute Gasteiger partial charge is 0.283 e. The van der Waals surface area contributed by atoms with Crippen LogP contribution in [0.2, 0.25) is 5.02 Å². The van der Waals surface area contributed by atoms with Crippen molar-refractivity contribution in [2.75, 3.05) is 11.1 Å². The Balaban J connectivity index is 1.50. The molecule has 11 heteroatoms. The maximum Gasteiger partial charge on any atom is 0.283 e. The lowest BCUT2D eigenvalue weighted by Crippen LogP contribution is -2.23. The normalized spacial score (nSPS) is 11.1. The van der Waals surface area contributed by atoms with Gasteiger partial charge in [-0.05, 0) is 36.4 Å². The van der Waals surface area contributed by atoms with Crippen molar-refractivity contribution >= 4 is 62.6 Å². The summed E-state index contributed by atoms with van der Waals surface area (Å²) in [5, 5.41) is 15.1. The Morgan fingerprint density at radius 3 is 2.63 bits per heavy atom. The quantitative estimate of drug-likeness (QED) is 0.142. The third kappa shape index (κ3) is 4.48. The molecule has 174 valence electrons. The average Bonchev–Trinajstić information content (AvgIpc) is 3.22. The van der Waals surface area contributed by atoms with E-state index in [1.165, 1.54) is 28.8 Å². The second kappa shape index (κ2) is 9.24. The van der Waals surface area contributed by atoms with Gasteiger partial charge < -0.3 is 10.3 Å². The summed E-state index contributed by atoms with van der Waals surface area (Å²) in [5.41, 5.74) is 2.21. The van der Waals surface area contributed by atoms with Crippen molar-refractivity contribution in [2.45, 2.75) is 5.16 Å². The Labute approximate surface area is 206 Å². The first-order valence-electron chi connectivity index (χ1n) is 10.4. The molecule has 0 saturated carbocycles. The van der Waals surface area contributed by atoms with E-state index < -0.39 is 4.92 Å². The van der Waals surface area contributed by atoms with Gasteiger partial charge in [0.15, 0.2) is 5.16 Å². The zero-order valence-corrected chi connectivity index (χ0v) is 19.5. The number of nitrogens with zero attached hydrogens (tertiary/aromatic N) is 3. The van der Waals surface area contributed by atoms with Gasteiger partial charge in [0.05, 0.1) is 16.4 Å². The molecule has 2 N–H and O–H groups in total. The summed E-state index contributed by atoms with van der Waals surface area (Å²) in [5.74, 6) is -0.396. The van der Waals surface area contributed by atoms with Crippen molar-refractivity contribution < 1.29 is 9.72 Å². The van der Waals surface area contributed by atoms with E-state index in [0.717, 1.165) is 22.7 Å². The van der Waals surface area contributed by atoms with Gasteiger partial charge >= 0.3 is 0 Å². The second-order valence-corrected chi connectivity index (χ2v) is 8.93. The molecule has 1 amide bonds. The molecule has 0 radical (unpaired) electrons. The van der Waals surface area contributed by atoms with Gasteiger partial charge in [-0.1, -0.05) is 47.6 Å². The van der Waals surface area contributed by atoms with E-state index >= 15 is 0 Å². The van der Waals surface area contributed by atoms with E-state index in [1.54, 1.807) is 24.3 Å². The lowest BCUT2D eigenvalue weighted by atomic mass is 10.2. The van der Waals surface area contributed by atoms with Crippen LogP contribution in [-0.4, -0.2) is 31.1 Å². The number of carbonyl (C=O) groups excluding carboxylic acids is 1. The van der Waals surface area contributed by atoms with Crippen LogP contribution in [0.25, 0.3) is 27.6 Å². The number of fused-ring (bicyclic) bond motifs is 3. The van der Waals surface area contributed by atoms with Gasteiger partial charge in [-0.3, -0.25) is 24.3 Å². The lowest BCUT2D eigenvalue weighted by molar-refractivity contribution is -0.384. The third-order valence-electron chi connectivity index (χ3n) is 5.25. The molecular formula is C24H16ClN5O4S. The number of halogens is 1. The molecule has 0 aliphatic heterocycles. The number of hydrogen-bond donors (Lipinski definition) is 2. The summed E-state index contributed by atoms with van der Waals surface area (Å²) in [6.45, 7) is 0. The molecule has 0 aliphatic rings. The highest BCUT2D eigenvalue weighted by atomic mass is 35.5. The number of amides is 1. The molecule has 0 unspecified atom stereocenters. The van der Waals surface area contributed by atoms with Gasteiger partial charge in [-0.2, -0.15) is 0 Å². The molecule has 0 fully saturated rings. The molecule has 0 spiro atoms. The second-order valence-electron chi connectivity index (χ2n) is 7.55. The predicted octanol–water partition coefficient (Wildman–Crippen LogP) is 5.16. The third-order valence-corrected chi connectivity index (χ3v) is 6.43. The summed E-state index contributed by atoms with van der Waals surface area (Å²) >= 11 is 7.27. The number of nitro groups is 1. The number of H-pyrrole nitrogens is 1. The number of nitro benzene ring substituents is 1. The number of rotatable bonds is 6. The first-order valence-corrected chi connectivity index (χ1v) is 11.7. The van der Waals surface area contributed by atoms with E-state index in [2.05, 4.69) is 10.3 Å². The van der Waals surface area contributed by atoms with Gasteiger partial charge in [0, 0.05) is 33.7 Å². The van der Waals surface area contributed by atoms with Crippen LogP contribution in [0.15, 0.2) is 82.7 Å². The minimum Gasteiger partial charge on any atom is -0.349 e. The van der Waals surface area contributed by atoms with Crippen LogP contribution in [-0.2, 0) is 4.79 Å². The molecule has 0 bridgehead atoms. The first-order chi connectivity index (χ1) is 16.9. The topological polar surface area (TPSA) is 123 Å². The SMILES string of the molecule is O=C(CSc1nc2c([nH]c3ccccc32)c(=O)n1-c1cccc(Cl)c1)Nc1ccc([N+](=O)[O-])cc1. The fourth-order valence-corrected chi connectivity index (χ4v) is 4.67. The van der Waals surface area contributed by atoms with Crippen LogP contribution >= 0.6 is 23.4 Å². The Kier molecular flexibility index (Phi) is 5.98. The molecule has 35 heavy (non-hydrogen) atoms. The van der Waals surface area contributed by atoms with Crippen molar-refractivity contribution in [3.8, 4) is 5.69 Å². The minimum atomic E-state index is -0.511. The van der Waals surface area contributed by atoms with Crippen molar-refractivity contribution in [1.82, 2.24) is 14.5 Å². The number of hydrogen-bond acceptors (Lipinski definition) is 6. The van der Waals surface area contributed by atoms with Crippen molar-refractivity contribution in [3.05, 3.63) is 98.3 Å². The monoisotopic (exact) mass is 505 g/mol. The van der Waals surface area contributed by atoms with Crippen molar-refractivity contribution in [2.24, 2.45) is 0 Å². The molecule has 9 nitrogen and oxygen atoms in total. The number of para-hydroxylation sites is 1. The number of aromatic amines is 1. The maximum absolute atomic E-state index is 13.5. The van der Waals surface area contributed by atoms with E-state index in [9.17, 15) is 19.7 Å². The van der Waals surface area contributed by atoms with Crippen LogP contribution in [0.1, 0.15) is 0 Å². The largest absolute Gasteiger partial charge is 0.349 e. The van der Waals surface area contributed by atoms with E-state index in [-0.39, 0.29) is 22.9 Å². The Bertz CT molecular complexity index is 1660. The lowest BCUT2D eigenvalue weighted by Gasteiger charge is -2.12. The van der Waals surface area contributed by atoms with Crippen LogP contribution in [0.4, 0.5) is 11.4 Å². The number of benzene rings is 3. The molecule has 0 atom stereocenters. The van der Waals surface area contributed by atoms with Crippen molar-refractivity contribution in [3.63, 3.8) is 0 Å². The minimum absolute atomic E-state index is 0.0438. The van der Waals surface area contributed by atoms with Gasteiger partial charge in [-0.25, -0.2) is 4.98 Å². The molecular weight excluding hydrogens is 490 g/mol. The number of carbonyl (C=O) groups is 1. The highest BCUT2D eigenvalue weighted by Crippen LogP contribution is 2.27.